The Hall–Kier alpha value is -2.04. The van der Waals surface area contributed by atoms with Gasteiger partial charge in [0.1, 0.15) is 5.75 Å². The summed E-state index contributed by atoms with van der Waals surface area (Å²) in [6, 6.07) is 17.4. The van der Waals surface area contributed by atoms with E-state index in [0.29, 0.717) is 12.3 Å². The van der Waals surface area contributed by atoms with Gasteiger partial charge >= 0.3 is 0 Å². The Balaban J connectivity index is 1.60. The van der Waals surface area contributed by atoms with Crippen LogP contribution in [0, 0.1) is 0 Å². The van der Waals surface area contributed by atoms with Crippen molar-refractivity contribution in [1.29, 1.82) is 0 Å². The molecule has 5 heteroatoms. The normalized spacial score (nSPS) is 16.0. The van der Waals surface area contributed by atoms with E-state index in [1.165, 1.54) is 19.3 Å². The highest BCUT2D eigenvalue weighted by Crippen LogP contribution is 2.29. The molecule has 1 aliphatic heterocycles. The minimum atomic E-state index is -0.122. The fraction of sp³-hybridized carbons (Fsp3) is 0.381. The number of nitrogens with one attached hydrogen (secondary N) is 1. The van der Waals surface area contributed by atoms with Crippen LogP contribution in [0.15, 0.2) is 54.6 Å². The summed E-state index contributed by atoms with van der Waals surface area (Å²) in [4.78, 5) is 14.7. The van der Waals surface area contributed by atoms with Crippen molar-refractivity contribution in [3.63, 3.8) is 0 Å². The van der Waals surface area contributed by atoms with E-state index >= 15 is 0 Å². The average molecular weight is 373 g/mol. The van der Waals surface area contributed by atoms with Gasteiger partial charge in [-0.15, -0.1) is 0 Å². The van der Waals surface area contributed by atoms with Crippen molar-refractivity contribution in [2.75, 3.05) is 26.2 Å². The van der Waals surface area contributed by atoms with Gasteiger partial charge in [-0.25, -0.2) is 0 Å². The number of benzene rings is 2. The molecular formula is C21H25ClN2O2. The van der Waals surface area contributed by atoms with Crippen LogP contribution in [0.4, 0.5) is 0 Å². The van der Waals surface area contributed by atoms with Gasteiger partial charge in [0.15, 0.2) is 6.61 Å². The highest BCUT2D eigenvalue weighted by Gasteiger charge is 2.24. The van der Waals surface area contributed by atoms with Gasteiger partial charge < -0.3 is 10.1 Å². The van der Waals surface area contributed by atoms with Crippen LogP contribution in [0.3, 0.4) is 0 Å². The first-order valence-electron chi connectivity index (χ1n) is 9.17. The lowest BCUT2D eigenvalue weighted by Gasteiger charge is -2.35. The first kappa shape index (κ1) is 18.7. The molecule has 1 aliphatic rings. The molecule has 0 bridgehead atoms. The van der Waals surface area contributed by atoms with Crippen molar-refractivity contribution in [2.45, 2.75) is 25.3 Å². The average Bonchev–Trinajstić information content (AvgIpc) is 2.69. The van der Waals surface area contributed by atoms with Gasteiger partial charge in [-0.05, 0) is 49.7 Å². The van der Waals surface area contributed by atoms with Crippen LogP contribution in [0.25, 0.3) is 0 Å². The Morgan fingerprint density at radius 1 is 1.04 bits per heavy atom. The van der Waals surface area contributed by atoms with Crippen molar-refractivity contribution in [3.8, 4) is 5.75 Å². The third-order valence-electron chi connectivity index (χ3n) is 4.70. The molecule has 2 aromatic rings. The van der Waals surface area contributed by atoms with E-state index < -0.39 is 0 Å². The zero-order valence-corrected chi connectivity index (χ0v) is 15.6. The second kappa shape index (κ2) is 9.60. The lowest BCUT2D eigenvalue weighted by Crippen LogP contribution is -2.41. The molecule has 138 valence electrons. The number of hydrogen-bond donors (Lipinski definition) is 1. The van der Waals surface area contributed by atoms with Crippen LogP contribution >= 0.6 is 11.6 Å². The Labute approximate surface area is 160 Å². The molecule has 4 nitrogen and oxygen atoms in total. The van der Waals surface area contributed by atoms with E-state index in [1.54, 1.807) is 0 Å². The van der Waals surface area contributed by atoms with E-state index in [1.807, 2.05) is 54.6 Å². The van der Waals surface area contributed by atoms with E-state index in [0.717, 1.165) is 23.7 Å². The molecule has 1 heterocycles. The lowest BCUT2D eigenvalue weighted by molar-refractivity contribution is -0.123. The second-order valence-electron chi connectivity index (χ2n) is 6.54. The van der Waals surface area contributed by atoms with Crippen LogP contribution in [-0.2, 0) is 4.79 Å². The maximum absolute atomic E-state index is 12.2. The Kier molecular flexibility index (Phi) is 6.92. The third kappa shape index (κ3) is 5.23. The number of carbonyl (C=O) groups excluding carboxylic acids is 1. The molecule has 1 saturated heterocycles. The number of carbonyl (C=O) groups is 1. The monoisotopic (exact) mass is 372 g/mol. The van der Waals surface area contributed by atoms with Crippen molar-refractivity contribution >= 4 is 17.5 Å². The SMILES string of the molecule is O=C(COc1ccccc1)NCC(c1ccccc1Cl)N1CCCCC1. The fourth-order valence-corrected chi connectivity index (χ4v) is 3.60. The summed E-state index contributed by atoms with van der Waals surface area (Å²) in [6.45, 7) is 2.61. The molecule has 2 aromatic carbocycles. The molecule has 1 amide bonds. The van der Waals surface area contributed by atoms with Gasteiger partial charge in [0, 0.05) is 11.6 Å². The predicted octanol–water partition coefficient (Wildman–Crippen LogP) is 4.06. The number of hydrogen-bond acceptors (Lipinski definition) is 3. The Bertz CT molecular complexity index is 702. The Morgan fingerprint density at radius 3 is 2.46 bits per heavy atom. The Morgan fingerprint density at radius 2 is 1.73 bits per heavy atom. The minimum Gasteiger partial charge on any atom is -0.484 e. The van der Waals surface area contributed by atoms with Crippen LogP contribution in [0.1, 0.15) is 30.9 Å². The maximum Gasteiger partial charge on any atom is 0.258 e. The standard InChI is InChI=1S/C21H25ClN2O2/c22-19-12-6-5-11-18(19)20(24-13-7-2-8-14-24)15-23-21(25)16-26-17-9-3-1-4-10-17/h1,3-6,9-12,20H,2,7-8,13-16H2,(H,23,25). The summed E-state index contributed by atoms with van der Waals surface area (Å²) < 4.78 is 5.52. The van der Waals surface area contributed by atoms with Crippen LogP contribution < -0.4 is 10.1 Å². The van der Waals surface area contributed by atoms with Gasteiger partial charge in [-0.2, -0.15) is 0 Å². The predicted molar refractivity (Wildman–Crippen MR) is 105 cm³/mol. The molecule has 1 atom stereocenters. The summed E-state index contributed by atoms with van der Waals surface area (Å²) in [7, 11) is 0. The lowest BCUT2D eigenvalue weighted by atomic mass is 10.0. The fourth-order valence-electron chi connectivity index (χ4n) is 3.34. The zero-order valence-electron chi connectivity index (χ0n) is 14.9. The summed E-state index contributed by atoms with van der Waals surface area (Å²) in [5.41, 5.74) is 1.07. The highest BCUT2D eigenvalue weighted by atomic mass is 35.5. The van der Waals surface area contributed by atoms with E-state index in [9.17, 15) is 4.79 Å². The molecule has 1 unspecified atom stereocenters. The molecular weight excluding hydrogens is 348 g/mol. The summed E-state index contributed by atoms with van der Waals surface area (Å²) in [5, 5.41) is 3.76. The number of rotatable bonds is 7. The van der Waals surface area contributed by atoms with Crippen molar-refractivity contribution < 1.29 is 9.53 Å². The first-order valence-corrected chi connectivity index (χ1v) is 9.55. The van der Waals surface area contributed by atoms with Crippen molar-refractivity contribution in [2.24, 2.45) is 0 Å². The van der Waals surface area contributed by atoms with Crippen molar-refractivity contribution in [1.82, 2.24) is 10.2 Å². The second-order valence-corrected chi connectivity index (χ2v) is 6.95. The number of para-hydroxylation sites is 1. The van der Waals surface area contributed by atoms with Gasteiger partial charge in [0.2, 0.25) is 0 Å². The number of piperidine rings is 1. The molecule has 26 heavy (non-hydrogen) atoms. The van der Waals surface area contributed by atoms with E-state index in [4.69, 9.17) is 16.3 Å². The molecule has 0 aliphatic carbocycles. The number of nitrogens with zero attached hydrogens (tertiary/aromatic N) is 1. The molecule has 0 aromatic heterocycles. The molecule has 1 fully saturated rings. The largest absolute Gasteiger partial charge is 0.484 e. The van der Waals surface area contributed by atoms with Crippen molar-refractivity contribution in [3.05, 3.63) is 65.2 Å². The van der Waals surface area contributed by atoms with Gasteiger partial charge in [0.05, 0.1) is 6.04 Å². The maximum atomic E-state index is 12.2. The quantitative estimate of drug-likeness (QED) is 0.796. The summed E-state index contributed by atoms with van der Waals surface area (Å²) in [6.07, 6.45) is 3.64. The highest BCUT2D eigenvalue weighted by molar-refractivity contribution is 6.31. The topological polar surface area (TPSA) is 41.6 Å². The molecule has 0 spiro atoms. The van der Waals surface area contributed by atoms with Crippen LogP contribution in [0.2, 0.25) is 5.02 Å². The number of amides is 1. The first-order chi connectivity index (χ1) is 12.7. The smallest absolute Gasteiger partial charge is 0.258 e. The zero-order chi connectivity index (χ0) is 18.2. The van der Waals surface area contributed by atoms with Gasteiger partial charge in [-0.3, -0.25) is 9.69 Å². The molecule has 3 rings (SSSR count). The van der Waals surface area contributed by atoms with Gasteiger partial charge in [-0.1, -0.05) is 54.4 Å². The third-order valence-corrected chi connectivity index (χ3v) is 5.05. The van der Waals surface area contributed by atoms with Gasteiger partial charge in [0.25, 0.3) is 5.91 Å². The van der Waals surface area contributed by atoms with E-state index in [-0.39, 0.29) is 18.6 Å². The molecule has 1 N–H and O–H groups in total. The van der Waals surface area contributed by atoms with Crippen LogP contribution in [0.5, 0.6) is 5.75 Å². The summed E-state index contributed by atoms with van der Waals surface area (Å²) >= 11 is 6.43. The van der Waals surface area contributed by atoms with E-state index in [2.05, 4.69) is 10.2 Å². The number of likely N-dealkylation sites (tertiary alicyclic amines) is 1. The molecule has 0 radical (unpaired) electrons. The van der Waals surface area contributed by atoms with Crippen LogP contribution in [-0.4, -0.2) is 37.0 Å². The number of halogens is 1. The summed E-state index contributed by atoms with van der Waals surface area (Å²) in [5.74, 6) is 0.573. The minimum absolute atomic E-state index is 0.0131. The molecule has 0 saturated carbocycles. The number of ether oxygens (including phenoxy) is 1.